The number of halogens is 1. The summed E-state index contributed by atoms with van der Waals surface area (Å²) in [6, 6.07) is 4.86. The Morgan fingerprint density at radius 2 is 2.17 bits per heavy atom. The van der Waals surface area contributed by atoms with Crippen LogP contribution in [0.3, 0.4) is 0 Å². The van der Waals surface area contributed by atoms with Gasteiger partial charge in [0.05, 0.1) is 18.1 Å². The number of aromatic nitrogens is 2. The first-order valence-corrected chi connectivity index (χ1v) is 5.67. The molecular weight excluding hydrogens is 233 g/mol. The lowest BCUT2D eigenvalue weighted by Crippen LogP contribution is -2.24. The van der Waals surface area contributed by atoms with Crippen molar-refractivity contribution in [3.05, 3.63) is 53.0 Å². The predicted molar refractivity (Wildman–Crippen MR) is 68.6 cm³/mol. The van der Waals surface area contributed by atoms with Gasteiger partial charge >= 0.3 is 0 Å². The van der Waals surface area contributed by atoms with Gasteiger partial charge in [-0.1, -0.05) is 0 Å². The average Bonchev–Trinajstić information content (AvgIpc) is 2.31. The molecule has 0 spiro atoms. The highest BCUT2D eigenvalue weighted by molar-refractivity contribution is 5.44. The zero-order chi connectivity index (χ0) is 13.1. The summed E-state index contributed by atoms with van der Waals surface area (Å²) in [6.07, 6.45) is 4.14. The quantitative estimate of drug-likeness (QED) is 0.904. The lowest BCUT2D eigenvalue weighted by molar-refractivity contribution is 0.619. The molecule has 0 saturated carbocycles. The van der Waals surface area contributed by atoms with Crippen LogP contribution in [0.25, 0.3) is 5.69 Å². The van der Waals surface area contributed by atoms with E-state index in [2.05, 4.69) is 10.3 Å². The molecule has 1 N–H and O–H groups in total. The summed E-state index contributed by atoms with van der Waals surface area (Å²) in [7, 11) is 0. The monoisotopic (exact) mass is 247 g/mol. The average molecular weight is 247 g/mol. The summed E-state index contributed by atoms with van der Waals surface area (Å²) in [5.74, 6) is -0.471. The van der Waals surface area contributed by atoms with Gasteiger partial charge in [0.1, 0.15) is 11.5 Å². The molecule has 2 heterocycles. The molecule has 94 valence electrons. The Hall–Kier alpha value is -2.17. The van der Waals surface area contributed by atoms with Crippen molar-refractivity contribution in [3.8, 4) is 5.69 Å². The Morgan fingerprint density at radius 1 is 1.39 bits per heavy atom. The fraction of sp³-hybridized carbons (Fsp3) is 0.231. The minimum atomic E-state index is -0.471. The van der Waals surface area contributed by atoms with Crippen LogP contribution < -0.4 is 10.9 Å². The molecule has 0 aliphatic rings. The number of hydrogen-bond donors (Lipinski definition) is 1. The minimum Gasteiger partial charge on any atom is -0.378 e. The zero-order valence-corrected chi connectivity index (χ0v) is 10.2. The van der Waals surface area contributed by atoms with Gasteiger partial charge in [0.2, 0.25) is 0 Å². The molecule has 0 saturated heterocycles. The topological polar surface area (TPSA) is 46.9 Å². The molecule has 2 aromatic heterocycles. The number of anilines is 1. The van der Waals surface area contributed by atoms with Crippen molar-refractivity contribution >= 4 is 5.69 Å². The Labute approximate surface area is 104 Å². The molecular formula is C13H14FN3O. The van der Waals surface area contributed by atoms with E-state index >= 15 is 0 Å². The van der Waals surface area contributed by atoms with Crippen LogP contribution in [0.5, 0.6) is 0 Å². The highest BCUT2D eigenvalue weighted by Crippen LogP contribution is 2.08. The second-order valence-corrected chi connectivity index (χ2v) is 4.26. The van der Waals surface area contributed by atoms with Crippen LogP contribution in [0.15, 0.2) is 41.6 Å². The van der Waals surface area contributed by atoms with Crippen LogP contribution in [-0.4, -0.2) is 15.6 Å². The van der Waals surface area contributed by atoms with E-state index in [1.807, 2.05) is 13.8 Å². The van der Waals surface area contributed by atoms with Crippen molar-refractivity contribution in [1.29, 1.82) is 0 Å². The van der Waals surface area contributed by atoms with Crippen molar-refractivity contribution in [2.75, 3.05) is 5.32 Å². The van der Waals surface area contributed by atoms with E-state index in [0.717, 1.165) is 6.20 Å². The van der Waals surface area contributed by atoms with E-state index in [-0.39, 0.29) is 11.6 Å². The highest BCUT2D eigenvalue weighted by atomic mass is 19.1. The van der Waals surface area contributed by atoms with Crippen LogP contribution in [0, 0.1) is 5.82 Å². The molecule has 0 bridgehead atoms. The first-order chi connectivity index (χ1) is 8.58. The van der Waals surface area contributed by atoms with Gasteiger partial charge in [-0.15, -0.1) is 0 Å². The van der Waals surface area contributed by atoms with Crippen LogP contribution in [0.1, 0.15) is 13.8 Å². The zero-order valence-electron chi connectivity index (χ0n) is 10.2. The first-order valence-electron chi connectivity index (χ1n) is 5.67. The van der Waals surface area contributed by atoms with Gasteiger partial charge in [0.15, 0.2) is 0 Å². The molecule has 0 unspecified atom stereocenters. The van der Waals surface area contributed by atoms with E-state index in [1.54, 1.807) is 18.3 Å². The van der Waals surface area contributed by atoms with Gasteiger partial charge in [0.25, 0.3) is 5.56 Å². The minimum absolute atomic E-state index is 0.152. The second-order valence-electron chi connectivity index (χ2n) is 4.26. The van der Waals surface area contributed by atoms with Crippen LogP contribution >= 0.6 is 0 Å². The van der Waals surface area contributed by atoms with Gasteiger partial charge in [-0.05, 0) is 26.0 Å². The number of hydrogen-bond acceptors (Lipinski definition) is 3. The molecule has 5 heteroatoms. The summed E-state index contributed by atoms with van der Waals surface area (Å²) in [4.78, 5) is 15.9. The van der Waals surface area contributed by atoms with Gasteiger partial charge in [-0.3, -0.25) is 14.3 Å². The molecule has 0 atom stereocenters. The van der Waals surface area contributed by atoms with Gasteiger partial charge in [0, 0.05) is 18.3 Å². The molecule has 0 aromatic carbocycles. The molecule has 18 heavy (non-hydrogen) atoms. The first kappa shape index (κ1) is 12.3. The number of pyridine rings is 2. The van der Waals surface area contributed by atoms with E-state index < -0.39 is 5.82 Å². The van der Waals surface area contributed by atoms with Gasteiger partial charge in [-0.2, -0.15) is 0 Å². The van der Waals surface area contributed by atoms with Crippen LogP contribution in [0.4, 0.5) is 10.1 Å². The van der Waals surface area contributed by atoms with Gasteiger partial charge in [-0.25, -0.2) is 4.39 Å². The third-order valence-corrected chi connectivity index (χ3v) is 2.36. The largest absolute Gasteiger partial charge is 0.378 e. The summed E-state index contributed by atoms with van der Waals surface area (Å²) >= 11 is 0. The normalized spacial score (nSPS) is 10.7. The molecule has 0 fully saturated rings. The maximum atomic E-state index is 13.1. The molecule has 0 amide bonds. The predicted octanol–water partition coefficient (Wildman–Crippen LogP) is 2.19. The fourth-order valence-electron chi connectivity index (χ4n) is 1.65. The number of rotatable bonds is 3. The Balaban J connectivity index is 2.49. The molecule has 0 aliphatic carbocycles. The summed E-state index contributed by atoms with van der Waals surface area (Å²) < 4.78 is 14.5. The smallest absolute Gasteiger partial charge is 0.278 e. The van der Waals surface area contributed by atoms with E-state index in [1.165, 1.54) is 16.8 Å². The van der Waals surface area contributed by atoms with Gasteiger partial charge < -0.3 is 5.32 Å². The lowest BCUT2D eigenvalue weighted by atomic mass is 10.3. The third-order valence-electron chi connectivity index (χ3n) is 2.36. The summed E-state index contributed by atoms with van der Waals surface area (Å²) in [5, 5.41) is 3.05. The molecule has 0 aliphatic heterocycles. The van der Waals surface area contributed by atoms with Crippen molar-refractivity contribution < 1.29 is 4.39 Å². The number of nitrogens with one attached hydrogen (secondary N) is 1. The standard InChI is InChI=1S/C13H14FN3O/c1-9(2)16-12-4-3-5-17(13(12)18)11-6-10(14)7-15-8-11/h3-9,16H,1-2H3. The van der Waals surface area contributed by atoms with E-state index in [4.69, 9.17) is 0 Å². The van der Waals surface area contributed by atoms with Crippen molar-refractivity contribution in [2.24, 2.45) is 0 Å². The van der Waals surface area contributed by atoms with Crippen molar-refractivity contribution in [2.45, 2.75) is 19.9 Å². The fourth-order valence-corrected chi connectivity index (χ4v) is 1.65. The molecule has 4 nitrogen and oxygen atoms in total. The van der Waals surface area contributed by atoms with Crippen LogP contribution in [-0.2, 0) is 0 Å². The Bertz CT molecular complexity index is 607. The van der Waals surface area contributed by atoms with Crippen molar-refractivity contribution in [3.63, 3.8) is 0 Å². The van der Waals surface area contributed by atoms with Crippen molar-refractivity contribution in [1.82, 2.24) is 9.55 Å². The molecule has 2 rings (SSSR count). The van der Waals surface area contributed by atoms with E-state index in [9.17, 15) is 9.18 Å². The Morgan fingerprint density at radius 3 is 2.83 bits per heavy atom. The highest BCUT2D eigenvalue weighted by Gasteiger charge is 2.06. The third kappa shape index (κ3) is 2.56. The second kappa shape index (κ2) is 5.00. The Kier molecular flexibility index (Phi) is 3.41. The maximum Gasteiger partial charge on any atom is 0.278 e. The number of nitrogens with zero attached hydrogens (tertiary/aromatic N) is 2. The van der Waals surface area contributed by atoms with E-state index in [0.29, 0.717) is 11.4 Å². The molecule has 0 radical (unpaired) electrons. The maximum absolute atomic E-state index is 13.1. The summed E-state index contributed by atoms with van der Waals surface area (Å²) in [5.41, 5.74) is 0.669. The lowest BCUT2D eigenvalue weighted by Gasteiger charge is -2.11. The molecule has 2 aromatic rings. The van der Waals surface area contributed by atoms with Crippen LogP contribution in [0.2, 0.25) is 0 Å². The summed E-state index contributed by atoms with van der Waals surface area (Å²) in [6.45, 7) is 3.89. The SMILES string of the molecule is CC(C)Nc1cccn(-c2cncc(F)c2)c1=O.